The van der Waals surface area contributed by atoms with E-state index in [4.69, 9.17) is 4.74 Å². The summed E-state index contributed by atoms with van der Waals surface area (Å²) in [6.07, 6.45) is 2.02. The Bertz CT molecular complexity index is 1140. The van der Waals surface area contributed by atoms with Crippen LogP contribution in [-0.2, 0) is 17.8 Å². The Labute approximate surface area is 181 Å². The summed E-state index contributed by atoms with van der Waals surface area (Å²) in [6.45, 7) is 1.42. The van der Waals surface area contributed by atoms with Gasteiger partial charge in [-0.2, -0.15) is 8.78 Å². The number of amides is 1. The fraction of sp³-hybridized carbons (Fsp3) is 0.381. The summed E-state index contributed by atoms with van der Waals surface area (Å²) in [6, 6.07) is 4.72. The fourth-order valence-corrected chi connectivity index (χ4v) is 4.14. The third-order valence-electron chi connectivity index (χ3n) is 4.92. The van der Waals surface area contributed by atoms with Gasteiger partial charge in [0.15, 0.2) is 11.5 Å². The molecule has 0 aliphatic carbocycles. The number of alkyl halides is 2. The molecule has 2 heterocycles. The number of hydrogen-bond donors (Lipinski definition) is 1. The predicted octanol–water partition coefficient (Wildman–Crippen LogP) is 3.43. The number of carbonyl (C=O) groups is 1. The molecule has 0 aliphatic rings. The highest BCUT2D eigenvalue weighted by molar-refractivity contribution is 7.18. The van der Waals surface area contributed by atoms with Crippen LogP contribution >= 0.6 is 11.3 Å². The van der Waals surface area contributed by atoms with Crippen molar-refractivity contribution in [1.82, 2.24) is 14.9 Å². The highest BCUT2D eigenvalue weighted by Gasteiger charge is 2.13. The molecule has 0 saturated heterocycles. The molecule has 1 N–H and O–H groups in total. The van der Waals surface area contributed by atoms with Gasteiger partial charge in [-0.05, 0) is 43.5 Å². The van der Waals surface area contributed by atoms with Gasteiger partial charge in [0.05, 0.1) is 18.8 Å². The highest BCUT2D eigenvalue weighted by atomic mass is 32.1. The molecule has 31 heavy (non-hydrogen) atoms. The van der Waals surface area contributed by atoms with Gasteiger partial charge in [-0.15, -0.1) is 11.3 Å². The maximum atomic E-state index is 12.7. The number of nitrogens with zero attached hydrogens (tertiary/aromatic N) is 2. The lowest BCUT2D eigenvalue weighted by Gasteiger charge is -2.12. The Morgan fingerprint density at radius 2 is 2.06 bits per heavy atom. The lowest BCUT2D eigenvalue weighted by atomic mass is 10.1. The van der Waals surface area contributed by atoms with Crippen LogP contribution in [0.15, 0.2) is 29.3 Å². The normalized spacial score (nSPS) is 11.2. The second kappa shape index (κ2) is 9.86. The van der Waals surface area contributed by atoms with Crippen LogP contribution in [0.5, 0.6) is 11.5 Å². The van der Waals surface area contributed by atoms with Crippen LogP contribution < -0.4 is 20.3 Å². The predicted molar refractivity (Wildman–Crippen MR) is 114 cm³/mol. The van der Waals surface area contributed by atoms with E-state index < -0.39 is 6.61 Å². The van der Waals surface area contributed by atoms with E-state index in [-0.39, 0.29) is 35.9 Å². The number of hydrogen-bond acceptors (Lipinski definition) is 6. The number of carbonyl (C=O) groups excluding carboxylic acids is 1. The van der Waals surface area contributed by atoms with E-state index in [9.17, 15) is 18.4 Å². The molecule has 0 spiro atoms. The number of aryl methyl sites for hydroxylation is 3. The molecule has 3 aromatic rings. The van der Waals surface area contributed by atoms with Crippen LogP contribution in [0.4, 0.5) is 8.78 Å². The number of nitrogens with one attached hydrogen (secondary N) is 1. The topological polar surface area (TPSA) is 82.5 Å². The van der Waals surface area contributed by atoms with Crippen molar-refractivity contribution in [2.75, 3.05) is 13.7 Å². The lowest BCUT2D eigenvalue weighted by Crippen LogP contribution is -2.29. The van der Waals surface area contributed by atoms with Gasteiger partial charge in [-0.25, -0.2) is 4.98 Å². The largest absolute Gasteiger partial charge is 0.493 e. The summed E-state index contributed by atoms with van der Waals surface area (Å²) in [7, 11) is 1.37. The SMILES string of the molecule is COc1ccc(CCNC(=O)CCn2cnc3sc(C)c(C)c3c2=O)cc1OC(F)F. The number of fused-ring (bicyclic) bond motifs is 1. The van der Waals surface area contributed by atoms with E-state index in [1.165, 1.54) is 35.4 Å². The molecule has 7 nitrogen and oxygen atoms in total. The van der Waals surface area contributed by atoms with Crippen molar-refractivity contribution in [3.63, 3.8) is 0 Å². The Hall–Kier alpha value is -3.01. The first-order valence-electron chi connectivity index (χ1n) is 9.63. The molecule has 166 valence electrons. The second-order valence-electron chi connectivity index (χ2n) is 6.92. The first kappa shape index (κ1) is 22.7. The summed E-state index contributed by atoms with van der Waals surface area (Å²) in [5.74, 6) is -0.0644. The number of benzene rings is 1. The van der Waals surface area contributed by atoms with Gasteiger partial charge < -0.3 is 14.8 Å². The van der Waals surface area contributed by atoms with Crippen molar-refractivity contribution in [3.05, 3.63) is 50.9 Å². The zero-order valence-electron chi connectivity index (χ0n) is 17.4. The van der Waals surface area contributed by atoms with Crippen molar-refractivity contribution in [1.29, 1.82) is 0 Å². The molecule has 0 aliphatic heterocycles. The monoisotopic (exact) mass is 451 g/mol. The Kier molecular flexibility index (Phi) is 7.21. The van der Waals surface area contributed by atoms with E-state index in [0.29, 0.717) is 28.7 Å². The summed E-state index contributed by atoms with van der Waals surface area (Å²) >= 11 is 1.48. The minimum atomic E-state index is -2.96. The van der Waals surface area contributed by atoms with Crippen LogP contribution in [0.2, 0.25) is 0 Å². The number of methoxy groups -OCH3 is 1. The van der Waals surface area contributed by atoms with Gasteiger partial charge in [0.25, 0.3) is 5.56 Å². The van der Waals surface area contributed by atoms with Crippen molar-refractivity contribution < 1.29 is 23.0 Å². The first-order valence-corrected chi connectivity index (χ1v) is 10.5. The van der Waals surface area contributed by atoms with E-state index in [0.717, 1.165) is 10.4 Å². The summed E-state index contributed by atoms with van der Waals surface area (Å²) in [5, 5.41) is 3.37. The lowest BCUT2D eigenvalue weighted by molar-refractivity contribution is -0.121. The zero-order valence-corrected chi connectivity index (χ0v) is 18.2. The average Bonchev–Trinajstić information content (AvgIpc) is 3.01. The highest BCUT2D eigenvalue weighted by Crippen LogP contribution is 2.29. The van der Waals surface area contributed by atoms with Gasteiger partial charge in [-0.1, -0.05) is 6.07 Å². The quantitative estimate of drug-likeness (QED) is 0.539. The molecule has 10 heteroatoms. The maximum absolute atomic E-state index is 12.7. The number of thiophene rings is 1. The summed E-state index contributed by atoms with van der Waals surface area (Å²) < 4.78 is 36.0. The zero-order chi connectivity index (χ0) is 22.5. The Morgan fingerprint density at radius 1 is 1.29 bits per heavy atom. The molecule has 0 radical (unpaired) electrons. The molecule has 3 rings (SSSR count). The molecule has 0 bridgehead atoms. The fourth-order valence-electron chi connectivity index (χ4n) is 3.15. The third-order valence-corrected chi connectivity index (χ3v) is 6.03. The van der Waals surface area contributed by atoms with E-state index in [2.05, 4.69) is 15.0 Å². The molecule has 1 aromatic carbocycles. The first-order chi connectivity index (χ1) is 14.8. The van der Waals surface area contributed by atoms with Crippen molar-refractivity contribution >= 4 is 27.5 Å². The minimum Gasteiger partial charge on any atom is -0.493 e. The third kappa shape index (κ3) is 5.38. The Morgan fingerprint density at radius 3 is 2.77 bits per heavy atom. The van der Waals surface area contributed by atoms with Crippen molar-refractivity contribution in [2.24, 2.45) is 0 Å². The standard InChI is InChI=1S/C21H23F2N3O4S/c1-12-13(2)31-19-18(12)20(28)26(11-25-19)9-7-17(27)24-8-6-14-4-5-15(29-3)16(10-14)30-21(22)23/h4-5,10-11,21H,6-9H2,1-3H3,(H,24,27). The smallest absolute Gasteiger partial charge is 0.387 e. The van der Waals surface area contributed by atoms with Crippen LogP contribution in [0.3, 0.4) is 0 Å². The molecule has 1 amide bonds. The van der Waals surface area contributed by atoms with Gasteiger partial charge in [0.1, 0.15) is 4.83 Å². The molecule has 0 atom stereocenters. The number of ether oxygens (including phenoxy) is 2. The second-order valence-corrected chi connectivity index (χ2v) is 8.12. The van der Waals surface area contributed by atoms with Gasteiger partial charge >= 0.3 is 6.61 Å². The van der Waals surface area contributed by atoms with Crippen LogP contribution in [0, 0.1) is 13.8 Å². The van der Waals surface area contributed by atoms with E-state index in [1.807, 2.05) is 13.8 Å². The van der Waals surface area contributed by atoms with E-state index >= 15 is 0 Å². The molecule has 0 fully saturated rings. The molecular weight excluding hydrogens is 428 g/mol. The van der Waals surface area contributed by atoms with Gasteiger partial charge in [-0.3, -0.25) is 14.2 Å². The average molecular weight is 451 g/mol. The molecule has 0 saturated carbocycles. The maximum Gasteiger partial charge on any atom is 0.387 e. The number of aromatic nitrogens is 2. The molecular formula is C21H23F2N3O4S. The summed E-state index contributed by atoms with van der Waals surface area (Å²) in [4.78, 5) is 30.9. The van der Waals surface area contributed by atoms with Crippen LogP contribution in [-0.4, -0.2) is 35.7 Å². The van der Waals surface area contributed by atoms with E-state index in [1.54, 1.807) is 12.1 Å². The number of halogens is 2. The number of rotatable bonds is 9. The minimum absolute atomic E-state index is 0.0532. The van der Waals surface area contributed by atoms with Crippen molar-refractivity contribution in [2.45, 2.75) is 39.8 Å². The Balaban J connectivity index is 1.54. The van der Waals surface area contributed by atoms with Crippen LogP contribution in [0.25, 0.3) is 10.2 Å². The molecule has 2 aromatic heterocycles. The van der Waals surface area contributed by atoms with Gasteiger partial charge in [0.2, 0.25) is 5.91 Å². The van der Waals surface area contributed by atoms with Crippen molar-refractivity contribution in [3.8, 4) is 11.5 Å². The molecule has 0 unspecified atom stereocenters. The summed E-state index contributed by atoms with van der Waals surface area (Å²) in [5.41, 5.74) is 1.49. The van der Waals surface area contributed by atoms with Gasteiger partial charge in [0, 0.05) is 24.4 Å². The van der Waals surface area contributed by atoms with Crippen LogP contribution in [0.1, 0.15) is 22.4 Å².